The van der Waals surface area contributed by atoms with Crippen LogP contribution in [0.5, 0.6) is 0 Å². The fourth-order valence-corrected chi connectivity index (χ4v) is 5.06. The summed E-state index contributed by atoms with van der Waals surface area (Å²) in [7, 11) is -0.580. The van der Waals surface area contributed by atoms with Crippen LogP contribution in [-0.2, 0) is 10.0 Å². The van der Waals surface area contributed by atoms with Crippen molar-refractivity contribution in [2.75, 3.05) is 19.4 Å². The van der Waals surface area contributed by atoms with Gasteiger partial charge in [-0.05, 0) is 48.1 Å². The zero-order valence-electron chi connectivity index (χ0n) is 18.5. The number of aromatic amines is 1. The second kappa shape index (κ2) is 7.76. The Balaban J connectivity index is 1.74. The summed E-state index contributed by atoms with van der Waals surface area (Å²) in [5.41, 5.74) is 1.10. The highest BCUT2D eigenvalue weighted by Crippen LogP contribution is 2.58. The fourth-order valence-electron chi connectivity index (χ4n) is 4.15. The maximum atomic E-state index is 12.7. The third-order valence-electron chi connectivity index (χ3n) is 6.19. The third-order valence-corrected chi connectivity index (χ3v) is 8.02. The highest BCUT2D eigenvalue weighted by molar-refractivity contribution is 7.89. The molecule has 2 heterocycles. The van der Waals surface area contributed by atoms with Crippen LogP contribution in [0.4, 0.5) is 11.5 Å². The first-order chi connectivity index (χ1) is 15.1. The predicted molar refractivity (Wildman–Crippen MR) is 122 cm³/mol. The minimum atomic E-state index is -3.53. The molecule has 0 aliphatic heterocycles. The van der Waals surface area contributed by atoms with Gasteiger partial charge >= 0.3 is 0 Å². The molecule has 0 radical (unpaired) electrons. The molecule has 4 rings (SSSR count). The number of H-pyrrole nitrogens is 1. The van der Waals surface area contributed by atoms with Gasteiger partial charge in [-0.3, -0.25) is 9.48 Å². The van der Waals surface area contributed by atoms with Crippen molar-refractivity contribution in [3.63, 3.8) is 0 Å². The Hall–Kier alpha value is -3.16. The van der Waals surface area contributed by atoms with Gasteiger partial charge in [-0.1, -0.05) is 13.8 Å². The molecule has 10 heteroatoms. The van der Waals surface area contributed by atoms with Crippen LogP contribution < -0.4 is 10.9 Å². The van der Waals surface area contributed by atoms with Gasteiger partial charge in [0.25, 0.3) is 5.56 Å². The number of aromatic nitrogens is 3. The quantitative estimate of drug-likeness (QED) is 0.565. The number of anilines is 2. The van der Waals surface area contributed by atoms with Crippen molar-refractivity contribution in [2.45, 2.75) is 37.6 Å². The monoisotopic (exact) mass is 454 g/mol. The Bertz CT molecular complexity index is 1360. The van der Waals surface area contributed by atoms with Crippen molar-refractivity contribution < 1.29 is 8.42 Å². The summed E-state index contributed by atoms with van der Waals surface area (Å²) in [4.78, 5) is 15.5. The number of benzene rings is 1. The summed E-state index contributed by atoms with van der Waals surface area (Å²) in [5.74, 6) is 0.666. The van der Waals surface area contributed by atoms with E-state index in [9.17, 15) is 18.5 Å². The second-order valence-corrected chi connectivity index (χ2v) is 11.2. The molecule has 0 spiro atoms. The largest absolute Gasteiger partial charge is 0.338 e. The number of nitrogens with one attached hydrogen (secondary N) is 2. The van der Waals surface area contributed by atoms with Crippen molar-refractivity contribution in [3.8, 4) is 6.07 Å². The zero-order valence-corrected chi connectivity index (χ0v) is 19.3. The minimum Gasteiger partial charge on any atom is -0.338 e. The molecule has 0 bridgehead atoms. The average Bonchev–Trinajstić information content (AvgIpc) is 3.21. The molecule has 1 aliphatic rings. The van der Waals surface area contributed by atoms with Crippen molar-refractivity contribution in [3.05, 3.63) is 46.9 Å². The summed E-state index contributed by atoms with van der Waals surface area (Å²) in [6.07, 6.45) is 2.87. The lowest BCUT2D eigenvalue weighted by atomic mass is 10.0. The minimum absolute atomic E-state index is 0.127. The van der Waals surface area contributed by atoms with E-state index < -0.39 is 10.0 Å². The van der Waals surface area contributed by atoms with E-state index >= 15 is 0 Å². The van der Waals surface area contributed by atoms with Crippen LogP contribution in [0.3, 0.4) is 0 Å². The Morgan fingerprint density at radius 1 is 1.31 bits per heavy atom. The van der Waals surface area contributed by atoms with Crippen LogP contribution in [0.1, 0.15) is 32.7 Å². The molecule has 32 heavy (non-hydrogen) atoms. The molecule has 2 aromatic heterocycles. The molecule has 1 unspecified atom stereocenters. The van der Waals surface area contributed by atoms with Crippen LogP contribution in [-0.4, -0.2) is 41.6 Å². The number of nitriles is 1. The summed E-state index contributed by atoms with van der Waals surface area (Å²) in [6, 6.07) is 10.2. The van der Waals surface area contributed by atoms with Gasteiger partial charge in [-0.2, -0.15) is 10.4 Å². The Morgan fingerprint density at radius 3 is 2.53 bits per heavy atom. The van der Waals surface area contributed by atoms with Crippen LogP contribution >= 0.6 is 0 Å². The molecule has 2 N–H and O–H groups in total. The highest BCUT2D eigenvalue weighted by Gasteiger charge is 2.51. The van der Waals surface area contributed by atoms with Crippen LogP contribution in [0.15, 0.2) is 46.2 Å². The highest BCUT2D eigenvalue weighted by atomic mass is 32.2. The number of sulfonamides is 1. The van der Waals surface area contributed by atoms with Gasteiger partial charge in [0.15, 0.2) is 5.82 Å². The van der Waals surface area contributed by atoms with Crippen LogP contribution in [0.2, 0.25) is 0 Å². The molecule has 1 saturated carbocycles. The molecule has 0 amide bonds. The zero-order chi connectivity index (χ0) is 23.3. The summed E-state index contributed by atoms with van der Waals surface area (Å²) in [6.45, 7) is 4.34. The Kier molecular flexibility index (Phi) is 5.35. The topological polar surface area (TPSA) is 124 Å². The molecule has 9 nitrogen and oxygen atoms in total. The van der Waals surface area contributed by atoms with Gasteiger partial charge in [-0.25, -0.2) is 12.7 Å². The van der Waals surface area contributed by atoms with Crippen LogP contribution in [0, 0.1) is 22.7 Å². The number of pyridine rings is 1. The molecule has 168 valence electrons. The first kappa shape index (κ1) is 22.0. The van der Waals surface area contributed by atoms with Crippen molar-refractivity contribution >= 4 is 32.4 Å². The van der Waals surface area contributed by atoms with E-state index in [4.69, 9.17) is 5.10 Å². The molecular formula is C22H26N6O3S. The maximum absolute atomic E-state index is 12.7. The lowest BCUT2D eigenvalue weighted by Gasteiger charge is -2.17. The van der Waals surface area contributed by atoms with Crippen molar-refractivity contribution in [1.29, 1.82) is 5.26 Å². The van der Waals surface area contributed by atoms with Gasteiger partial charge in [0.2, 0.25) is 10.0 Å². The standard InChI is InChI=1S/C22H26N6O3S/c1-22(2)13-16(22)17(9-11-23)28-18-10-12-24-21(29)19(18)20(26-28)25-14-5-7-15(8-6-14)32(30,31)27(3)4/h5-8,10,12,16-17H,9,13H2,1-4H3,(H,24,29)(H,25,26)/t16-,17?/m0/s1. The maximum Gasteiger partial charge on any atom is 0.261 e. The molecule has 1 aromatic carbocycles. The lowest BCUT2D eigenvalue weighted by Crippen LogP contribution is -2.22. The van der Waals surface area contributed by atoms with E-state index in [0.29, 0.717) is 34.7 Å². The SMILES string of the molecule is CN(C)S(=O)(=O)c1ccc(Nc2nn(C(CC#N)[C@@H]3CC3(C)C)c3cc[nH]c(=O)c23)cc1. The van der Waals surface area contributed by atoms with Gasteiger partial charge in [0.1, 0.15) is 5.39 Å². The first-order valence-electron chi connectivity index (χ1n) is 10.3. The van der Waals surface area contributed by atoms with E-state index in [-0.39, 0.29) is 21.9 Å². The normalized spacial score (nSPS) is 18.4. The lowest BCUT2D eigenvalue weighted by molar-refractivity contribution is 0.371. The molecule has 2 atom stereocenters. The first-order valence-corrected chi connectivity index (χ1v) is 11.8. The van der Waals surface area contributed by atoms with Gasteiger partial charge in [0, 0.05) is 26.0 Å². The van der Waals surface area contributed by atoms with E-state index in [1.54, 1.807) is 29.1 Å². The third kappa shape index (κ3) is 3.78. The second-order valence-electron chi connectivity index (χ2n) is 9.03. The van der Waals surface area contributed by atoms with E-state index in [2.05, 4.69) is 30.2 Å². The predicted octanol–water partition coefficient (Wildman–Crippen LogP) is 3.22. The number of nitrogens with zero attached hydrogens (tertiary/aromatic N) is 4. The van der Waals surface area contributed by atoms with Gasteiger partial charge in [-0.15, -0.1) is 0 Å². The molecule has 0 saturated heterocycles. The molecular weight excluding hydrogens is 428 g/mol. The molecule has 1 fully saturated rings. The van der Waals surface area contributed by atoms with Crippen molar-refractivity contribution in [2.24, 2.45) is 11.3 Å². The van der Waals surface area contributed by atoms with Gasteiger partial charge in [0.05, 0.1) is 28.9 Å². The summed E-state index contributed by atoms with van der Waals surface area (Å²) < 4.78 is 27.5. The van der Waals surface area contributed by atoms with Crippen molar-refractivity contribution in [1.82, 2.24) is 19.1 Å². The van der Waals surface area contributed by atoms with E-state index in [1.165, 1.54) is 26.2 Å². The number of hydrogen-bond donors (Lipinski definition) is 2. The molecule has 1 aliphatic carbocycles. The Morgan fingerprint density at radius 2 is 1.97 bits per heavy atom. The number of hydrogen-bond acceptors (Lipinski definition) is 6. The average molecular weight is 455 g/mol. The van der Waals surface area contributed by atoms with E-state index in [0.717, 1.165) is 10.7 Å². The summed E-state index contributed by atoms with van der Waals surface area (Å²) in [5, 5.41) is 17.7. The summed E-state index contributed by atoms with van der Waals surface area (Å²) >= 11 is 0. The number of rotatable bonds is 7. The van der Waals surface area contributed by atoms with Crippen LogP contribution in [0.25, 0.3) is 10.9 Å². The van der Waals surface area contributed by atoms with Gasteiger partial charge < -0.3 is 10.3 Å². The molecule has 3 aromatic rings. The fraction of sp³-hybridized carbons (Fsp3) is 0.409. The van der Waals surface area contributed by atoms with E-state index in [1.807, 2.05) is 0 Å². The Labute approximate surface area is 186 Å². The smallest absolute Gasteiger partial charge is 0.261 e. The number of fused-ring (bicyclic) bond motifs is 1.